The molecule has 1 heterocycles. The lowest BCUT2D eigenvalue weighted by Crippen LogP contribution is -2.44. The molecule has 1 rings (SSSR count). The number of hydrogen-bond acceptors (Lipinski definition) is 2. The molecule has 0 radical (unpaired) electrons. The van der Waals surface area contributed by atoms with Crippen molar-refractivity contribution in [3.05, 3.63) is 0 Å². The molecule has 0 aromatic rings. The van der Waals surface area contributed by atoms with Gasteiger partial charge in [0.2, 0.25) is 0 Å². The molecular weight excluding hydrogens is 196 g/mol. The summed E-state index contributed by atoms with van der Waals surface area (Å²) in [7, 11) is -0.818. The van der Waals surface area contributed by atoms with Crippen LogP contribution in [0.25, 0.3) is 0 Å². The van der Waals surface area contributed by atoms with E-state index in [0.717, 1.165) is 19.5 Å². The molecule has 0 bridgehead atoms. The molecule has 1 aliphatic heterocycles. The molecule has 4 heteroatoms. The Morgan fingerprint density at radius 2 is 2.07 bits per heavy atom. The summed E-state index contributed by atoms with van der Waals surface area (Å²) in [6.45, 7) is 7.93. The van der Waals surface area contributed by atoms with Gasteiger partial charge in [0, 0.05) is 24.4 Å². The third-order valence-corrected chi connectivity index (χ3v) is 4.47. The fourth-order valence-electron chi connectivity index (χ4n) is 1.86. The average molecular weight is 218 g/mol. The van der Waals surface area contributed by atoms with Gasteiger partial charge < -0.3 is 5.73 Å². The Kier molecular flexibility index (Phi) is 4.54. The maximum Gasteiger partial charge on any atom is 0.0968 e. The molecule has 0 aliphatic carbocycles. The summed E-state index contributed by atoms with van der Waals surface area (Å²) < 4.78 is 13.9. The summed E-state index contributed by atoms with van der Waals surface area (Å²) in [4.78, 5) is 0. The second-order valence-corrected chi connectivity index (χ2v) is 6.49. The van der Waals surface area contributed by atoms with Gasteiger partial charge in [-0.1, -0.05) is 0 Å². The van der Waals surface area contributed by atoms with Crippen LogP contribution < -0.4 is 5.73 Å². The molecule has 1 saturated heterocycles. The van der Waals surface area contributed by atoms with Gasteiger partial charge in [-0.25, -0.2) is 8.51 Å². The maximum atomic E-state index is 11.9. The van der Waals surface area contributed by atoms with Crippen LogP contribution in [0.1, 0.15) is 33.6 Å². The fourth-order valence-corrected chi connectivity index (χ4v) is 3.11. The van der Waals surface area contributed by atoms with Crippen molar-refractivity contribution in [1.29, 1.82) is 0 Å². The van der Waals surface area contributed by atoms with Crippen molar-refractivity contribution < 1.29 is 4.21 Å². The van der Waals surface area contributed by atoms with E-state index in [1.165, 1.54) is 6.42 Å². The highest BCUT2D eigenvalue weighted by molar-refractivity contribution is 7.83. The highest BCUT2D eigenvalue weighted by Gasteiger charge is 2.26. The second-order valence-electron chi connectivity index (χ2n) is 4.47. The van der Waals surface area contributed by atoms with Gasteiger partial charge in [0.1, 0.15) is 0 Å². The molecular formula is C10H22N2OS. The molecule has 0 saturated carbocycles. The Morgan fingerprint density at radius 3 is 2.57 bits per heavy atom. The highest BCUT2D eigenvalue weighted by atomic mass is 32.2. The number of piperidine rings is 1. The SMILES string of the molecule is CC(N)C1CCCN(S(=O)C(C)C)C1. The van der Waals surface area contributed by atoms with Crippen LogP contribution in [-0.2, 0) is 11.0 Å². The molecule has 0 amide bonds. The monoisotopic (exact) mass is 218 g/mol. The number of hydrogen-bond donors (Lipinski definition) is 1. The first kappa shape index (κ1) is 12.1. The van der Waals surface area contributed by atoms with Crippen LogP contribution in [0.15, 0.2) is 0 Å². The van der Waals surface area contributed by atoms with E-state index < -0.39 is 11.0 Å². The van der Waals surface area contributed by atoms with Crippen LogP contribution in [0.2, 0.25) is 0 Å². The predicted octanol–water partition coefficient (Wildman–Crippen LogP) is 1.12. The Labute approximate surface area is 89.6 Å². The molecule has 14 heavy (non-hydrogen) atoms. The Bertz CT molecular complexity index is 206. The molecule has 0 aromatic carbocycles. The van der Waals surface area contributed by atoms with E-state index >= 15 is 0 Å². The van der Waals surface area contributed by atoms with Crippen molar-refractivity contribution in [2.75, 3.05) is 13.1 Å². The minimum atomic E-state index is -0.818. The van der Waals surface area contributed by atoms with Crippen LogP contribution in [0, 0.1) is 5.92 Å². The molecule has 1 aliphatic rings. The lowest BCUT2D eigenvalue weighted by molar-refractivity contribution is 0.250. The predicted molar refractivity (Wildman–Crippen MR) is 61.2 cm³/mol. The number of nitrogens with two attached hydrogens (primary N) is 1. The largest absolute Gasteiger partial charge is 0.328 e. The smallest absolute Gasteiger partial charge is 0.0968 e. The zero-order valence-electron chi connectivity index (χ0n) is 9.40. The zero-order valence-corrected chi connectivity index (χ0v) is 10.2. The van der Waals surface area contributed by atoms with E-state index in [1.54, 1.807) is 0 Å². The molecule has 0 aromatic heterocycles. The second kappa shape index (κ2) is 5.24. The lowest BCUT2D eigenvalue weighted by Gasteiger charge is -2.34. The Balaban J connectivity index is 2.51. The summed E-state index contributed by atoms with van der Waals surface area (Å²) >= 11 is 0. The van der Waals surface area contributed by atoms with Crippen LogP contribution >= 0.6 is 0 Å². The molecule has 1 fully saturated rings. The van der Waals surface area contributed by atoms with Gasteiger partial charge in [0.05, 0.1) is 11.0 Å². The number of rotatable bonds is 3. The van der Waals surface area contributed by atoms with E-state index in [4.69, 9.17) is 5.73 Å². The van der Waals surface area contributed by atoms with Crippen molar-refractivity contribution >= 4 is 11.0 Å². The first-order chi connectivity index (χ1) is 6.52. The Hall–Kier alpha value is 0.0700. The Morgan fingerprint density at radius 1 is 1.43 bits per heavy atom. The minimum absolute atomic E-state index is 0.224. The standard InChI is InChI=1S/C10H22N2OS/c1-8(2)14(13)12-6-4-5-10(7-12)9(3)11/h8-10H,4-7,11H2,1-3H3. The van der Waals surface area contributed by atoms with Crippen LogP contribution in [0.3, 0.4) is 0 Å². The summed E-state index contributed by atoms with van der Waals surface area (Å²) in [5.41, 5.74) is 5.88. The lowest BCUT2D eigenvalue weighted by atomic mass is 9.93. The summed E-state index contributed by atoms with van der Waals surface area (Å²) in [6.07, 6.45) is 2.31. The van der Waals surface area contributed by atoms with Crippen LogP contribution in [0.4, 0.5) is 0 Å². The van der Waals surface area contributed by atoms with E-state index in [2.05, 4.69) is 4.31 Å². The topological polar surface area (TPSA) is 46.3 Å². The van der Waals surface area contributed by atoms with E-state index in [-0.39, 0.29) is 11.3 Å². The van der Waals surface area contributed by atoms with Crippen molar-refractivity contribution in [2.45, 2.75) is 44.9 Å². The minimum Gasteiger partial charge on any atom is -0.328 e. The normalized spacial score (nSPS) is 29.1. The molecule has 3 unspecified atom stereocenters. The third kappa shape index (κ3) is 3.04. The summed E-state index contributed by atoms with van der Waals surface area (Å²) in [6, 6.07) is 0.224. The number of nitrogens with zero attached hydrogens (tertiary/aromatic N) is 1. The molecule has 0 spiro atoms. The van der Waals surface area contributed by atoms with Gasteiger partial charge in [0.25, 0.3) is 0 Å². The maximum absolute atomic E-state index is 11.9. The first-order valence-electron chi connectivity index (χ1n) is 5.43. The third-order valence-electron chi connectivity index (χ3n) is 2.82. The summed E-state index contributed by atoms with van der Waals surface area (Å²) in [5.74, 6) is 0.520. The summed E-state index contributed by atoms with van der Waals surface area (Å²) in [5, 5.41) is 0.224. The van der Waals surface area contributed by atoms with E-state index in [9.17, 15) is 4.21 Å². The van der Waals surface area contributed by atoms with E-state index in [0.29, 0.717) is 5.92 Å². The van der Waals surface area contributed by atoms with Gasteiger partial charge >= 0.3 is 0 Å². The van der Waals surface area contributed by atoms with Crippen molar-refractivity contribution in [3.63, 3.8) is 0 Å². The van der Waals surface area contributed by atoms with Gasteiger partial charge in [-0.2, -0.15) is 0 Å². The highest BCUT2D eigenvalue weighted by Crippen LogP contribution is 2.20. The molecule has 3 atom stereocenters. The molecule has 84 valence electrons. The van der Waals surface area contributed by atoms with Gasteiger partial charge in [0.15, 0.2) is 0 Å². The van der Waals surface area contributed by atoms with Crippen LogP contribution in [-0.4, -0.2) is 32.9 Å². The molecule has 2 N–H and O–H groups in total. The quantitative estimate of drug-likeness (QED) is 0.771. The average Bonchev–Trinajstić information content (AvgIpc) is 2.16. The first-order valence-corrected chi connectivity index (χ1v) is 6.60. The molecule has 3 nitrogen and oxygen atoms in total. The van der Waals surface area contributed by atoms with Gasteiger partial charge in [-0.15, -0.1) is 0 Å². The van der Waals surface area contributed by atoms with Crippen LogP contribution in [0.5, 0.6) is 0 Å². The fraction of sp³-hybridized carbons (Fsp3) is 1.00. The van der Waals surface area contributed by atoms with Crippen molar-refractivity contribution in [3.8, 4) is 0 Å². The van der Waals surface area contributed by atoms with Crippen molar-refractivity contribution in [2.24, 2.45) is 11.7 Å². The zero-order chi connectivity index (χ0) is 10.7. The van der Waals surface area contributed by atoms with Gasteiger partial charge in [-0.05, 0) is 39.5 Å². The van der Waals surface area contributed by atoms with Gasteiger partial charge in [-0.3, -0.25) is 0 Å². The van der Waals surface area contributed by atoms with Crippen molar-refractivity contribution in [1.82, 2.24) is 4.31 Å². The van der Waals surface area contributed by atoms with E-state index in [1.807, 2.05) is 20.8 Å².